The summed E-state index contributed by atoms with van der Waals surface area (Å²) < 4.78 is 5.68. The normalized spacial score (nSPS) is 10.2. The van der Waals surface area contributed by atoms with Crippen LogP contribution in [0.2, 0.25) is 0 Å². The first kappa shape index (κ1) is 17.1. The van der Waals surface area contributed by atoms with E-state index in [9.17, 15) is 4.79 Å². The van der Waals surface area contributed by atoms with Gasteiger partial charge in [0.1, 0.15) is 24.1 Å². The van der Waals surface area contributed by atoms with Crippen LogP contribution in [-0.4, -0.2) is 34.9 Å². The molecule has 0 radical (unpaired) electrons. The van der Waals surface area contributed by atoms with E-state index in [1.54, 1.807) is 11.1 Å². The molecule has 122 valence electrons. The zero-order valence-corrected chi connectivity index (χ0v) is 13.8. The summed E-state index contributed by atoms with van der Waals surface area (Å²) in [6, 6.07) is 13.6. The van der Waals surface area contributed by atoms with Crippen LogP contribution >= 0.6 is 11.6 Å². The Morgan fingerprint density at radius 2 is 2.04 bits per heavy atom. The maximum atomic E-state index is 11.6. The van der Waals surface area contributed by atoms with Crippen LogP contribution in [-0.2, 0) is 11.4 Å². The van der Waals surface area contributed by atoms with Gasteiger partial charge in [0.15, 0.2) is 0 Å². The Morgan fingerprint density at radius 1 is 1.26 bits per heavy atom. The molecule has 1 N–H and O–H groups in total. The molecule has 1 heterocycles. The minimum atomic E-state index is -0.107. The number of nitrogens with zero attached hydrogens (tertiary/aromatic N) is 2. The van der Waals surface area contributed by atoms with Crippen molar-refractivity contribution in [3.8, 4) is 5.75 Å². The second-order valence-corrected chi connectivity index (χ2v) is 5.14. The van der Waals surface area contributed by atoms with Crippen molar-refractivity contribution in [2.75, 3.05) is 24.4 Å². The second-order valence-electron chi connectivity index (χ2n) is 4.87. The number of ether oxygens (including phenoxy) is 1. The number of hydrogen-bond acceptors (Lipinski definition) is 4. The summed E-state index contributed by atoms with van der Waals surface area (Å²) in [6.07, 6.45) is 1.66. The third-order valence-electron chi connectivity index (χ3n) is 3.28. The molecule has 0 unspecified atom stereocenters. The highest BCUT2D eigenvalue weighted by Crippen LogP contribution is 2.14. The van der Waals surface area contributed by atoms with Gasteiger partial charge in [-0.2, -0.15) is 0 Å². The zero-order valence-electron chi connectivity index (χ0n) is 13.0. The SMILES string of the molecule is CCN(CNc1ccc(OCc2ccccc2)cn1)C(=O)CCl. The molecule has 1 aromatic carbocycles. The fourth-order valence-electron chi connectivity index (χ4n) is 1.95. The fourth-order valence-corrected chi connectivity index (χ4v) is 2.12. The van der Waals surface area contributed by atoms with Crippen molar-refractivity contribution in [3.05, 3.63) is 54.2 Å². The highest BCUT2D eigenvalue weighted by atomic mass is 35.5. The molecule has 0 atom stereocenters. The van der Waals surface area contributed by atoms with Gasteiger partial charge in [-0.3, -0.25) is 4.79 Å². The summed E-state index contributed by atoms with van der Waals surface area (Å²) in [4.78, 5) is 17.4. The Balaban J connectivity index is 1.83. The molecule has 0 aliphatic heterocycles. The molecule has 0 fully saturated rings. The third kappa shape index (κ3) is 5.45. The number of carbonyl (C=O) groups excluding carboxylic acids is 1. The van der Waals surface area contributed by atoms with Crippen LogP contribution in [0.5, 0.6) is 5.75 Å². The average Bonchev–Trinajstić information content (AvgIpc) is 2.62. The largest absolute Gasteiger partial charge is 0.487 e. The molecule has 0 aliphatic rings. The fraction of sp³-hybridized carbons (Fsp3) is 0.294. The molecule has 6 heteroatoms. The molecule has 0 saturated heterocycles. The van der Waals surface area contributed by atoms with Gasteiger partial charge in [0.05, 0.1) is 12.9 Å². The number of alkyl halides is 1. The number of nitrogens with one attached hydrogen (secondary N) is 1. The van der Waals surface area contributed by atoms with Gasteiger partial charge in [-0.1, -0.05) is 30.3 Å². The lowest BCUT2D eigenvalue weighted by molar-refractivity contribution is -0.127. The van der Waals surface area contributed by atoms with Crippen LogP contribution in [0, 0.1) is 0 Å². The van der Waals surface area contributed by atoms with Crippen LogP contribution in [0.1, 0.15) is 12.5 Å². The van der Waals surface area contributed by atoms with E-state index in [1.807, 2.05) is 49.4 Å². The van der Waals surface area contributed by atoms with Gasteiger partial charge in [0.25, 0.3) is 0 Å². The van der Waals surface area contributed by atoms with Gasteiger partial charge >= 0.3 is 0 Å². The van der Waals surface area contributed by atoms with Gasteiger partial charge in [-0.15, -0.1) is 11.6 Å². The summed E-state index contributed by atoms with van der Waals surface area (Å²) in [5, 5.41) is 3.09. The molecule has 1 aromatic heterocycles. The Morgan fingerprint density at radius 3 is 2.65 bits per heavy atom. The average molecular weight is 334 g/mol. The molecular formula is C17H20ClN3O2. The molecule has 2 rings (SSSR count). The molecule has 0 saturated carbocycles. The van der Waals surface area contributed by atoms with E-state index < -0.39 is 0 Å². The maximum Gasteiger partial charge on any atom is 0.238 e. The minimum absolute atomic E-state index is 0.0186. The van der Waals surface area contributed by atoms with Crippen LogP contribution in [0.3, 0.4) is 0 Å². The van der Waals surface area contributed by atoms with E-state index in [2.05, 4.69) is 10.3 Å². The summed E-state index contributed by atoms with van der Waals surface area (Å²) in [5.74, 6) is 1.25. The molecule has 23 heavy (non-hydrogen) atoms. The summed E-state index contributed by atoms with van der Waals surface area (Å²) in [6.45, 7) is 3.37. The van der Waals surface area contributed by atoms with Crippen molar-refractivity contribution in [3.63, 3.8) is 0 Å². The van der Waals surface area contributed by atoms with Gasteiger partial charge in [-0.25, -0.2) is 4.98 Å². The first-order chi connectivity index (χ1) is 11.2. The quantitative estimate of drug-likeness (QED) is 0.595. The van der Waals surface area contributed by atoms with E-state index in [4.69, 9.17) is 16.3 Å². The molecule has 0 spiro atoms. The predicted octanol–water partition coefficient (Wildman–Crippen LogP) is 3.12. The Bertz CT molecular complexity index is 605. The number of hydrogen-bond donors (Lipinski definition) is 1. The van der Waals surface area contributed by atoms with Gasteiger partial charge in [-0.05, 0) is 24.6 Å². The lowest BCUT2D eigenvalue weighted by Gasteiger charge is -2.20. The van der Waals surface area contributed by atoms with Crippen molar-refractivity contribution in [2.45, 2.75) is 13.5 Å². The number of benzene rings is 1. The first-order valence-corrected chi connectivity index (χ1v) is 7.96. The first-order valence-electron chi connectivity index (χ1n) is 7.43. The van der Waals surface area contributed by atoms with Gasteiger partial charge in [0.2, 0.25) is 5.91 Å². The lowest BCUT2D eigenvalue weighted by Crippen LogP contribution is -2.36. The molecule has 0 aliphatic carbocycles. The number of anilines is 1. The standard InChI is InChI=1S/C17H20ClN3O2/c1-2-21(17(22)10-18)13-20-16-9-8-15(11-19-16)23-12-14-6-4-3-5-7-14/h3-9,11H,2,10,12-13H2,1H3,(H,19,20). The molecular weight excluding hydrogens is 314 g/mol. The van der Waals surface area contributed by atoms with E-state index in [0.29, 0.717) is 31.4 Å². The monoisotopic (exact) mass is 333 g/mol. The topological polar surface area (TPSA) is 54.5 Å². The van der Waals surface area contributed by atoms with Gasteiger partial charge in [0, 0.05) is 6.54 Å². The smallest absolute Gasteiger partial charge is 0.238 e. The number of halogens is 1. The maximum absolute atomic E-state index is 11.6. The van der Waals surface area contributed by atoms with Crippen molar-refractivity contribution in [1.29, 1.82) is 0 Å². The molecule has 2 aromatic rings. The molecule has 5 nitrogen and oxygen atoms in total. The number of carbonyl (C=O) groups is 1. The number of pyridine rings is 1. The van der Waals surface area contributed by atoms with E-state index in [1.165, 1.54) is 0 Å². The van der Waals surface area contributed by atoms with Gasteiger partial charge < -0.3 is 15.0 Å². The Hall–Kier alpha value is -2.27. The Kier molecular flexibility index (Phi) is 6.69. The number of rotatable bonds is 8. The lowest BCUT2D eigenvalue weighted by atomic mass is 10.2. The zero-order chi connectivity index (χ0) is 16.5. The molecule has 0 bridgehead atoms. The van der Waals surface area contributed by atoms with Crippen molar-refractivity contribution in [2.24, 2.45) is 0 Å². The summed E-state index contributed by atoms with van der Waals surface area (Å²) in [5.41, 5.74) is 1.10. The van der Waals surface area contributed by atoms with Crippen molar-refractivity contribution in [1.82, 2.24) is 9.88 Å². The second kappa shape index (κ2) is 9.00. The van der Waals surface area contributed by atoms with Crippen molar-refractivity contribution < 1.29 is 9.53 Å². The van der Waals surface area contributed by atoms with E-state index >= 15 is 0 Å². The van der Waals surface area contributed by atoms with Crippen LogP contribution in [0.4, 0.5) is 5.82 Å². The predicted molar refractivity (Wildman–Crippen MR) is 91.6 cm³/mol. The van der Waals surface area contributed by atoms with Crippen LogP contribution in [0.15, 0.2) is 48.7 Å². The number of aromatic nitrogens is 1. The van der Waals surface area contributed by atoms with Crippen LogP contribution < -0.4 is 10.1 Å². The van der Waals surface area contributed by atoms with Crippen molar-refractivity contribution >= 4 is 23.3 Å². The molecule has 1 amide bonds. The van der Waals surface area contributed by atoms with Crippen LogP contribution in [0.25, 0.3) is 0 Å². The summed E-state index contributed by atoms with van der Waals surface area (Å²) >= 11 is 5.56. The summed E-state index contributed by atoms with van der Waals surface area (Å²) in [7, 11) is 0. The highest BCUT2D eigenvalue weighted by Gasteiger charge is 2.09. The third-order valence-corrected chi connectivity index (χ3v) is 3.51. The number of amides is 1. The van der Waals surface area contributed by atoms with E-state index in [-0.39, 0.29) is 11.8 Å². The Labute approximate surface area is 141 Å². The minimum Gasteiger partial charge on any atom is -0.487 e. The highest BCUT2D eigenvalue weighted by molar-refractivity contribution is 6.27. The van der Waals surface area contributed by atoms with E-state index in [0.717, 1.165) is 5.56 Å².